The minimum atomic E-state index is -5.59. The van der Waals surface area contributed by atoms with E-state index < -0.39 is 95.8 Å². The number of carbonyl (C=O) groups excluding carboxylic acids is 3. The number of phosphoric acid groups is 3. The zero-order valence-corrected chi connectivity index (χ0v) is 38.9. The van der Waals surface area contributed by atoms with Gasteiger partial charge in [0.05, 0.1) is 19.5 Å². The Morgan fingerprint density at radius 3 is 2.38 bits per heavy atom. The fourth-order valence-corrected chi connectivity index (χ4v) is 9.32. The predicted octanol–water partition coefficient (Wildman–Crippen LogP) is 1.89. The van der Waals surface area contributed by atoms with Crippen molar-refractivity contribution in [2.75, 3.05) is 37.8 Å². The van der Waals surface area contributed by atoms with Crippen LogP contribution in [0.5, 0.6) is 0 Å². The van der Waals surface area contributed by atoms with Gasteiger partial charge in [0.2, 0.25) is 16.9 Å². The second-order valence-electron chi connectivity index (χ2n) is 15.0. The maximum Gasteiger partial charge on any atom is 0.481 e. The van der Waals surface area contributed by atoms with Crippen molar-refractivity contribution in [3.8, 4) is 0 Å². The van der Waals surface area contributed by atoms with Crippen LogP contribution in [0, 0.1) is 5.41 Å². The van der Waals surface area contributed by atoms with Gasteiger partial charge in [0.1, 0.15) is 42.4 Å². The van der Waals surface area contributed by atoms with E-state index in [0.29, 0.717) is 0 Å². The minimum Gasteiger partial charge on any atom is -0.386 e. The number of unbranched alkanes of at least 4 members (excludes halogenated alkanes) is 5. The lowest BCUT2D eigenvalue weighted by Crippen LogP contribution is -2.46. The Labute approximate surface area is 373 Å². The number of carbonyl (C=O) groups is 3. The maximum atomic E-state index is 12.7. The molecular weight excluding hydrogens is 931 g/mol. The molecule has 1 saturated heterocycles. The molecule has 8 atom stereocenters. The van der Waals surface area contributed by atoms with Gasteiger partial charge in [-0.25, -0.2) is 28.6 Å². The number of thioether (sulfide) groups is 1. The van der Waals surface area contributed by atoms with Crippen LogP contribution in [-0.2, 0) is 50.7 Å². The smallest absolute Gasteiger partial charge is 0.386 e. The summed E-state index contributed by atoms with van der Waals surface area (Å²) in [4.78, 5) is 88.1. The van der Waals surface area contributed by atoms with Gasteiger partial charge in [-0.2, -0.15) is 4.31 Å². The van der Waals surface area contributed by atoms with Crippen LogP contribution >= 0.6 is 35.2 Å². The first-order chi connectivity index (χ1) is 30.0. The Morgan fingerprint density at radius 2 is 1.67 bits per heavy atom. The lowest BCUT2D eigenvalue weighted by Gasteiger charge is -2.30. The third-order valence-corrected chi connectivity index (χ3v) is 13.3. The lowest BCUT2D eigenvalue weighted by molar-refractivity contribution is -0.137. The molecule has 0 aliphatic carbocycles. The van der Waals surface area contributed by atoms with Gasteiger partial charge < -0.3 is 56.0 Å². The number of hydrogen-bond donors (Lipinski definition) is 10. The van der Waals surface area contributed by atoms with Crippen molar-refractivity contribution >= 4 is 69.1 Å². The molecule has 2 amide bonds. The van der Waals surface area contributed by atoms with Crippen molar-refractivity contribution in [1.29, 1.82) is 0 Å². The first-order valence-electron chi connectivity index (χ1n) is 20.0. The van der Waals surface area contributed by atoms with Crippen molar-refractivity contribution in [1.82, 2.24) is 30.2 Å². The Kier molecular flexibility index (Phi) is 22.3. The molecule has 29 heteroatoms. The summed E-state index contributed by atoms with van der Waals surface area (Å²) < 4.78 is 62.3. The number of aliphatic hydroxyl groups is 3. The van der Waals surface area contributed by atoms with Gasteiger partial charge in [-0.1, -0.05) is 82.5 Å². The molecule has 64 heavy (non-hydrogen) atoms. The summed E-state index contributed by atoms with van der Waals surface area (Å²) in [5.74, 6) is -1.36. The van der Waals surface area contributed by atoms with Crippen molar-refractivity contribution in [2.45, 2.75) is 109 Å². The number of nitrogens with two attached hydrogens (primary N) is 1. The molecule has 0 aromatic carbocycles. The number of imidazole rings is 1. The molecule has 0 saturated carbocycles. The number of hydrogen-bond acceptors (Lipinski definition) is 19. The topological polar surface area (TPSA) is 384 Å². The monoisotopic (exact) mass is 989 g/mol. The molecule has 0 radical (unpaired) electrons. The van der Waals surface area contributed by atoms with E-state index in [2.05, 4.69) is 41.3 Å². The summed E-state index contributed by atoms with van der Waals surface area (Å²) in [7, 11) is -16.4. The van der Waals surface area contributed by atoms with Gasteiger partial charge in [-0.3, -0.25) is 32.5 Å². The van der Waals surface area contributed by atoms with Crippen molar-refractivity contribution in [3.63, 3.8) is 0 Å². The normalized spacial score (nSPS) is 21.2. The molecule has 362 valence electrons. The largest absolute Gasteiger partial charge is 0.481 e. The highest BCUT2D eigenvalue weighted by molar-refractivity contribution is 8.13. The number of nitrogens with zero attached hydrogens (tertiary/aromatic N) is 4. The third-order valence-electron chi connectivity index (χ3n) is 9.24. The van der Waals surface area contributed by atoms with Gasteiger partial charge in [0.25, 0.3) is 0 Å². The molecule has 1 aliphatic heterocycles. The standard InChI is InChI=1S/C35H58N7O18P3S/c1-4-5-6-7-8-9-10-11-12-13-14-23(43)34(48)64-18-17-37-25(44)15-16-38-32(47)29(46)35(2,3)20-57-63(54,55)60-62(52,53)56-19-24-28(59-61(49,50)51)27(45)33(58-24)42-22-41-26-30(36)39-21-40-31(26)42/h10-13,21-24,27-29,33,43,45-46H,4-9,14-20H2,1-3H3,(H,37,44)(H,38,47)(H,52,53)(H,54,55)(H2,36,39,40)(H2,49,50,51)/b11-10+,13-12+. The van der Waals surface area contributed by atoms with E-state index in [1.165, 1.54) is 39.5 Å². The molecule has 2 aromatic heterocycles. The van der Waals surface area contributed by atoms with Crippen LogP contribution in [0.4, 0.5) is 5.82 Å². The van der Waals surface area contributed by atoms with E-state index in [-0.39, 0.29) is 48.7 Å². The SMILES string of the molecule is CCCCCCC/C=C/C=C/CC(O)C(=O)SCCNC(=O)CCNC(=O)C(O)C(C)(C)COP(=O)(O)OP(=O)(O)OCC1OC(n2cnc3c(N)ncnc32)C(O)C1OP(=O)(O)O. The molecule has 1 aliphatic rings. The lowest BCUT2D eigenvalue weighted by atomic mass is 9.87. The van der Waals surface area contributed by atoms with E-state index in [1.807, 2.05) is 12.2 Å². The number of allylic oxidation sites excluding steroid dienone is 3. The zero-order valence-electron chi connectivity index (χ0n) is 35.4. The number of aliphatic hydroxyl groups excluding tert-OH is 3. The van der Waals surface area contributed by atoms with Crippen LogP contribution in [0.15, 0.2) is 37.0 Å². The first kappa shape index (κ1) is 55.3. The summed E-state index contributed by atoms with van der Waals surface area (Å²) in [5.41, 5.74) is 4.23. The van der Waals surface area contributed by atoms with Crippen LogP contribution in [0.25, 0.3) is 11.2 Å². The van der Waals surface area contributed by atoms with E-state index in [1.54, 1.807) is 12.2 Å². The quantitative estimate of drug-likeness (QED) is 0.0316. The highest BCUT2D eigenvalue weighted by atomic mass is 32.2. The summed E-state index contributed by atoms with van der Waals surface area (Å²) in [6, 6.07) is 0. The van der Waals surface area contributed by atoms with E-state index >= 15 is 0 Å². The van der Waals surface area contributed by atoms with Gasteiger partial charge in [0.15, 0.2) is 17.7 Å². The second-order valence-corrected chi connectivity index (χ2v) is 20.4. The average Bonchev–Trinajstić information content (AvgIpc) is 3.78. The Hall–Kier alpha value is -3.00. The molecule has 2 aromatic rings. The molecule has 3 heterocycles. The van der Waals surface area contributed by atoms with Crippen molar-refractivity contribution in [3.05, 3.63) is 37.0 Å². The van der Waals surface area contributed by atoms with Crippen LogP contribution in [0.2, 0.25) is 0 Å². The fraction of sp³-hybridized carbons (Fsp3) is 0.657. The van der Waals surface area contributed by atoms with Crippen molar-refractivity contribution < 1.29 is 85.6 Å². The molecule has 0 bridgehead atoms. The number of ether oxygens (including phenoxy) is 1. The van der Waals surface area contributed by atoms with Crippen LogP contribution in [-0.4, -0.2) is 134 Å². The van der Waals surface area contributed by atoms with Gasteiger partial charge in [-0.05, 0) is 19.3 Å². The number of fused-ring (bicyclic) bond motifs is 1. The number of amides is 2. The Bertz CT molecular complexity index is 2060. The minimum absolute atomic E-state index is 0.0249. The van der Waals surface area contributed by atoms with Gasteiger partial charge >= 0.3 is 23.5 Å². The molecule has 1 fully saturated rings. The maximum absolute atomic E-state index is 12.7. The number of nitrogens with one attached hydrogen (secondary N) is 2. The van der Waals surface area contributed by atoms with Crippen LogP contribution in [0.1, 0.15) is 78.4 Å². The second kappa shape index (κ2) is 25.8. The number of aromatic nitrogens is 4. The number of nitrogen functional groups attached to an aromatic ring is 1. The predicted molar refractivity (Wildman–Crippen MR) is 229 cm³/mol. The fourth-order valence-electron chi connectivity index (χ4n) is 5.80. The molecule has 11 N–H and O–H groups in total. The van der Waals surface area contributed by atoms with E-state index in [4.69, 9.17) is 19.5 Å². The third kappa shape index (κ3) is 18.7. The van der Waals surface area contributed by atoms with E-state index in [9.17, 15) is 63.0 Å². The molecule has 3 rings (SSSR count). The average molecular weight is 990 g/mol. The number of phosphoric ester groups is 3. The van der Waals surface area contributed by atoms with Crippen LogP contribution < -0.4 is 16.4 Å². The first-order valence-corrected chi connectivity index (χ1v) is 25.5. The Morgan fingerprint density at radius 1 is 0.984 bits per heavy atom. The molecule has 8 unspecified atom stereocenters. The van der Waals surface area contributed by atoms with Crippen LogP contribution in [0.3, 0.4) is 0 Å². The zero-order chi connectivity index (χ0) is 47.7. The highest BCUT2D eigenvalue weighted by Gasteiger charge is 2.50. The number of anilines is 1. The molecule has 25 nitrogen and oxygen atoms in total. The summed E-state index contributed by atoms with van der Waals surface area (Å²) in [6.07, 6.45) is 6.28. The summed E-state index contributed by atoms with van der Waals surface area (Å²) in [6.45, 7) is 2.46. The van der Waals surface area contributed by atoms with Gasteiger partial charge in [0, 0.05) is 30.7 Å². The Balaban J connectivity index is 1.39. The molecular formula is C35H58N7O18P3S. The summed E-state index contributed by atoms with van der Waals surface area (Å²) >= 11 is 0.858. The van der Waals surface area contributed by atoms with E-state index in [0.717, 1.165) is 41.8 Å². The molecule has 0 spiro atoms. The summed E-state index contributed by atoms with van der Waals surface area (Å²) in [5, 5.41) is 36.1. The van der Waals surface area contributed by atoms with Crippen molar-refractivity contribution in [2.24, 2.45) is 5.41 Å². The van der Waals surface area contributed by atoms with Gasteiger partial charge in [-0.15, -0.1) is 0 Å². The highest BCUT2D eigenvalue weighted by Crippen LogP contribution is 2.61. The number of rotatable bonds is 29.